The van der Waals surface area contributed by atoms with E-state index in [1.54, 1.807) is 30.0 Å². The molecule has 2 aliphatic rings. The maximum Gasteiger partial charge on any atom is 0.415 e. The third-order valence-electron chi connectivity index (χ3n) is 6.24. The summed E-state index contributed by atoms with van der Waals surface area (Å²) in [4.78, 5) is 25.3. The molecule has 2 aliphatic heterocycles. The number of likely N-dealkylation sites (tertiary alicyclic amines) is 1. The van der Waals surface area contributed by atoms with E-state index in [4.69, 9.17) is 4.74 Å². The lowest BCUT2D eigenvalue weighted by Crippen LogP contribution is -2.45. The van der Waals surface area contributed by atoms with Gasteiger partial charge in [0.15, 0.2) is 0 Å². The number of halogens is 1. The van der Waals surface area contributed by atoms with E-state index in [1.807, 2.05) is 18.2 Å². The molecule has 1 N–H and O–H groups in total. The Labute approximate surface area is 179 Å². The van der Waals surface area contributed by atoms with Crippen molar-refractivity contribution in [3.63, 3.8) is 0 Å². The molecule has 0 aliphatic carbocycles. The monoisotopic (exact) mass is 421 g/mol. The van der Waals surface area contributed by atoms with Gasteiger partial charge in [-0.1, -0.05) is 12.1 Å². The molecule has 0 bridgehead atoms. The smallest absolute Gasteiger partial charge is 0.415 e. The average Bonchev–Trinajstić information content (AvgIpc) is 3.09. The Bertz CT molecular complexity index is 1160. The molecular weight excluding hydrogens is 397 g/mol. The van der Waals surface area contributed by atoms with Crippen LogP contribution in [-0.4, -0.2) is 53.2 Å². The number of hydrogen-bond donors (Lipinski definition) is 1. The second-order valence-corrected chi connectivity index (χ2v) is 8.43. The summed E-state index contributed by atoms with van der Waals surface area (Å²) in [6.45, 7) is 4.05. The van der Waals surface area contributed by atoms with Gasteiger partial charge < -0.3 is 15.0 Å². The van der Waals surface area contributed by atoms with Gasteiger partial charge in [-0.25, -0.2) is 19.2 Å². The number of nitrogens with zero attached hydrogens (tertiary/aromatic N) is 4. The highest BCUT2D eigenvalue weighted by molar-refractivity contribution is 5.97. The number of piperidine rings is 1. The van der Waals surface area contributed by atoms with Crippen molar-refractivity contribution in [2.45, 2.75) is 25.4 Å². The number of hydrogen-bond acceptors (Lipinski definition) is 6. The highest BCUT2D eigenvalue weighted by Crippen LogP contribution is 2.37. The van der Waals surface area contributed by atoms with Gasteiger partial charge in [0.2, 0.25) is 0 Å². The Morgan fingerprint density at radius 1 is 1.16 bits per heavy atom. The molecule has 1 aromatic heterocycles. The molecule has 0 atom stereocenters. The fourth-order valence-corrected chi connectivity index (χ4v) is 4.29. The zero-order valence-electron chi connectivity index (χ0n) is 17.6. The van der Waals surface area contributed by atoms with Crippen LogP contribution in [0.1, 0.15) is 18.4 Å². The van der Waals surface area contributed by atoms with Gasteiger partial charge in [0.1, 0.15) is 23.6 Å². The molecule has 5 rings (SSSR count). The summed E-state index contributed by atoms with van der Waals surface area (Å²) in [5.74, 6) is 0.163. The van der Waals surface area contributed by atoms with Crippen molar-refractivity contribution in [3.8, 4) is 0 Å². The molecule has 31 heavy (non-hydrogen) atoms. The number of anilines is 3. The molecule has 2 saturated heterocycles. The van der Waals surface area contributed by atoms with Gasteiger partial charge in [-0.3, -0.25) is 4.90 Å². The van der Waals surface area contributed by atoms with Crippen molar-refractivity contribution >= 4 is 34.2 Å². The quantitative estimate of drug-likeness (QED) is 0.682. The van der Waals surface area contributed by atoms with Crippen molar-refractivity contribution < 1.29 is 13.9 Å². The second-order valence-electron chi connectivity index (χ2n) is 8.43. The lowest BCUT2D eigenvalue weighted by Gasteiger charge is -2.35. The first-order valence-corrected chi connectivity index (χ1v) is 10.4. The molecule has 2 fully saturated rings. The van der Waals surface area contributed by atoms with E-state index in [0.29, 0.717) is 34.5 Å². The zero-order valence-corrected chi connectivity index (χ0v) is 17.6. The Balaban J connectivity index is 1.48. The molecule has 0 radical (unpaired) electrons. The topological polar surface area (TPSA) is 70.6 Å². The molecule has 0 unspecified atom stereocenters. The van der Waals surface area contributed by atoms with Crippen LogP contribution in [0.4, 0.5) is 26.4 Å². The number of aryl methyl sites for hydroxylation is 1. The van der Waals surface area contributed by atoms with Gasteiger partial charge in [0.05, 0.1) is 17.7 Å². The Hall–Kier alpha value is -3.26. The summed E-state index contributed by atoms with van der Waals surface area (Å²) in [6.07, 6.45) is 2.75. The summed E-state index contributed by atoms with van der Waals surface area (Å²) in [5, 5.41) is 3.79. The minimum atomic E-state index is -0.433. The van der Waals surface area contributed by atoms with Crippen LogP contribution in [0, 0.1) is 12.7 Å². The Kier molecular flexibility index (Phi) is 4.74. The number of carbonyl (C=O) groups excluding carboxylic acids is 1. The molecule has 0 saturated carbocycles. The van der Waals surface area contributed by atoms with Crippen LogP contribution in [-0.2, 0) is 4.74 Å². The van der Waals surface area contributed by atoms with E-state index >= 15 is 0 Å². The van der Waals surface area contributed by atoms with Gasteiger partial charge in [-0.2, -0.15) is 0 Å². The van der Waals surface area contributed by atoms with Crippen LogP contribution in [0.3, 0.4) is 0 Å². The van der Waals surface area contributed by atoms with Crippen LogP contribution in [0.15, 0.2) is 42.7 Å². The average molecular weight is 421 g/mol. The number of amides is 1. The fourth-order valence-electron chi connectivity index (χ4n) is 4.29. The summed E-state index contributed by atoms with van der Waals surface area (Å²) in [6, 6.07) is 10.7. The van der Waals surface area contributed by atoms with Gasteiger partial charge in [-0.15, -0.1) is 0 Å². The highest BCUT2D eigenvalue weighted by Gasteiger charge is 2.47. The first-order valence-electron chi connectivity index (χ1n) is 10.4. The van der Waals surface area contributed by atoms with Crippen molar-refractivity contribution in [3.05, 3.63) is 54.1 Å². The molecule has 2 aromatic carbocycles. The van der Waals surface area contributed by atoms with Crippen molar-refractivity contribution in [2.24, 2.45) is 0 Å². The van der Waals surface area contributed by atoms with Crippen LogP contribution >= 0.6 is 0 Å². The lowest BCUT2D eigenvalue weighted by molar-refractivity contribution is 0.00678. The number of ether oxygens (including phenoxy) is 1. The third kappa shape index (κ3) is 3.57. The molecule has 1 amide bonds. The van der Waals surface area contributed by atoms with Crippen LogP contribution in [0.2, 0.25) is 0 Å². The third-order valence-corrected chi connectivity index (χ3v) is 6.24. The molecule has 8 heteroatoms. The molecule has 3 aromatic rings. The second kappa shape index (κ2) is 7.46. The van der Waals surface area contributed by atoms with Crippen molar-refractivity contribution in [2.75, 3.05) is 36.9 Å². The van der Waals surface area contributed by atoms with Crippen LogP contribution < -0.4 is 10.2 Å². The van der Waals surface area contributed by atoms with Gasteiger partial charge in [0.25, 0.3) is 0 Å². The molecule has 1 spiro atoms. The molecular formula is C23H24FN5O2. The lowest BCUT2D eigenvalue weighted by atomic mass is 9.91. The van der Waals surface area contributed by atoms with Gasteiger partial charge in [-0.05, 0) is 43.8 Å². The number of rotatable bonds is 3. The van der Waals surface area contributed by atoms with E-state index in [9.17, 15) is 9.18 Å². The van der Waals surface area contributed by atoms with E-state index in [2.05, 4.69) is 27.2 Å². The predicted molar refractivity (Wildman–Crippen MR) is 117 cm³/mol. The van der Waals surface area contributed by atoms with E-state index in [-0.39, 0.29) is 11.9 Å². The largest absolute Gasteiger partial charge is 0.441 e. The summed E-state index contributed by atoms with van der Waals surface area (Å²) in [7, 11) is 2.08. The summed E-state index contributed by atoms with van der Waals surface area (Å²) in [5.41, 5.74) is 1.88. The van der Waals surface area contributed by atoms with Crippen molar-refractivity contribution in [1.82, 2.24) is 14.9 Å². The minimum Gasteiger partial charge on any atom is -0.441 e. The highest BCUT2D eigenvalue weighted by atomic mass is 19.1. The summed E-state index contributed by atoms with van der Waals surface area (Å²) < 4.78 is 20.4. The van der Waals surface area contributed by atoms with Crippen LogP contribution in [0.25, 0.3) is 10.9 Å². The Morgan fingerprint density at radius 2 is 1.97 bits per heavy atom. The molecule has 160 valence electrons. The number of fused-ring (bicyclic) bond motifs is 1. The number of nitrogens with one attached hydrogen (secondary N) is 1. The predicted octanol–water partition coefficient (Wildman–Crippen LogP) is 4.24. The first-order chi connectivity index (χ1) is 14.9. The number of benzene rings is 2. The number of aromatic nitrogens is 2. The SMILES string of the molecule is Cc1cccc(Nc2ncnc3ccc(N4CC5(CCN(C)CC5)OC4=O)cc23)c1F. The van der Waals surface area contributed by atoms with Gasteiger partial charge >= 0.3 is 6.09 Å². The standard InChI is InChI=1S/C23H24FN5O2/c1-15-4-3-5-19(20(15)24)27-21-17-12-16(6-7-18(17)25-14-26-21)29-13-23(31-22(29)30)8-10-28(2)11-9-23/h3-7,12,14H,8-11,13H2,1-2H3,(H,25,26,27). The zero-order chi connectivity index (χ0) is 21.6. The van der Waals surface area contributed by atoms with Gasteiger partial charge in [0, 0.05) is 37.0 Å². The van der Waals surface area contributed by atoms with E-state index in [1.165, 1.54) is 6.33 Å². The van der Waals surface area contributed by atoms with E-state index < -0.39 is 5.60 Å². The first kappa shape index (κ1) is 19.7. The maximum absolute atomic E-state index is 14.5. The van der Waals surface area contributed by atoms with Crippen molar-refractivity contribution in [1.29, 1.82) is 0 Å². The Morgan fingerprint density at radius 3 is 2.77 bits per heavy atom. The number of carbonyl (C=O) groups is 1. The fraction of sp³-hybridized carbons (Fsp3) is 0.348. The molecule has 3 heterocycles. The maximum atomic E-state index is 14.5. The normalized spacial score (nSPS) is 18.5. The molecule has 7 nitrogen and oxygen atoms in total. The van der Waals surface area contributed by atoms with Crippen LogP contribution in [0.5, 0.6) is 0 Å². The minimum absolute atomic E-state index is 0.322. The summed E-state index contributed by atoms with van der Waals surface area (Å²) >= 11 is 0. The van der Waals surface area contributed by atoms with E-state index in [0.717, 1.165) is 31.6 Å².